The van der Waals surface area contributed by atoms with Crippen LogP contribution in [0, 0.1) is 6.92 Å². The molecule has 0 saturated heterocycles. The Morgan fingerprint density at radius 3 is 2.48 bits per heavy atom. The molecule has 0 aliphatic carbocycles. The zero-order chi connectivity index (χ0) is 15.6. The second-order valence-electron chi connectivity index (χ2n) is 4.49. The Bertz CT molecular complexity index is 756. The normalized spacial score (nSPS) is 11.4. The van der Waals surface area contributed by atoms with Gasteiger partial charge in [0.25, 0.3) is 10.0 Å². The summed E-state index contributed by atoms with van der Waals surface area (Å²) in [5.74, 6) is 0. The molecule has 2 aromatic rings. The first-order valence-corrected chi connectivity index (χ1v) is 8.35. The number of hydrogen-bond acceptors (Lipinski definition) is 3. The molecule has 0 spiro atoms. The van der Waals surface area contributed by atoms with Gasteiger partial charge in [-0.05, 0) is 42.3 Å². The molecular weight excluding hydrogens is 331 g/mol. The zero-order valence-corrected chi connectivity index (χ0v) is 13.6. The average Bonchev–Trinajstić information content (AvgIpc) is 2.43. The van der Waals surface area contributed by atoms with Crippen LogP contribution in [-0.2, 0) is 16.6 Å². The van der Waals surface area contributed by atoms with Crippen LogP contribution in [-0.4, -0.2) is 8.42 Å². The molecule has 0 radical (unpaired) electrons. The van der Waals surface area contributed by atoms with Crippen LogP contribution in [0.5, 0.6) is 0 Å². The second-order valence-corrected chi connectivity index (χ2v) is 6.99. The molecule has 112 valence electrons. The molecular formula is C14H14Cl2N2O2S. The van der Waals surface area contributed by atoms with Crippen molar-refractivity contribution in [3.8, 4) is 0 Å². The number of aryl methyl sites for hydroxylation is 1. The summed E-state index contributed by atoms with van der Waals surface area (Å²) >= 11 is 12.0. The topological polar surface area (TPSA) is 72.2 Å². The summed E-state index contributed by atoms with van der Waals surface area (Å²) in [7, 11) is -3.76. The molecule has 7 heteroatoms. The predicted molar refractivity (Wildman–Crippen MR) is 86.3 cm³/mol. The van der Waals surface area contributed by atoms with Crippen molar-refractivity contribution in [3.05, 3.63) is 57.6 Å². The summed E-state index contributed by atoms with van der Waals surface area (Å²) in [5.41, 5.74) is 7.21. The van der Waals surface area contributed by atoms with Gasteiger partial charge in [0, 0.05) is 11.6 Å². The third-order valence-corrected chi connectivity index (χ3v) is 5.04. The van der Waals surface area contributed by atoms with Crippen molar-refractivity contribution in [2.45, 2.75) is 18.4 Å². The van der Waals surface area contributed by atoms with E-state index in [-0.39, 0.29) is 11.4 Å². The average molecular weight is 345 g/mol. The minimum Gasteiger partial charge on any atom is -0.326 e. The van der Waals surface area contributed by atoms with E-state index in [1.807, 2.05) is 0 Å². The molecule has 2 rings (SSSR count). The molecule has 0 bridgehead atoms. The van der Waals surface area contributed by atoms with Crippen molar-refractivity contribution in [2.75, 3.05) is 4.72 Å². The van der Waals surface area contributed by atoms with Crippen molar-refractivity contribution in [3.63, 3.8) is 0 Å². The van der Waals surface area contributed by atoms with Crippen LogP contribution in [0.2, 0.25) is 10.0 Å². The molecule has 0 heterocycles. The first kappa shape index (κ1) is 16.1. The highest BCUT2D eigenvalue weighted by molar-refractivity contribution is 7.92. The van der Waals surface area contributed by atoms with E-state index in [1.54, 1.807) is 25.1 Å². The Kier molecular flexibility index (Phi) is 4.78. The molecule has 0 aliphatic rings. The van der Waals surface area contributed by atoms with E-state index in [9.17, 15) is 8.42 Å². The molecule has 0 unspecified atom stereocenters. The largest absolute Gasteiger partial charge is 0.326 e. The van der Waals surface area contributed by atoms with Gasteiger partial charge < -0.3 is 5.73 Å². The molecule has 0 atom stereocenters. The van der Waals surface area contributed by atoms with Crippen molar-refractivity contribution in [2.24, 2.45) is 5.73 Å². The Balaban J connectivity index is 2.44. The summed E-state index contributed by atoms with van der Waals surface area (Å²) in [6.07, 6.45) is 0. The Morgan fingerprint density at radius 1 is 1.14 bits per heavy atom. The van der Waals surface area contributed by atoms with Crippen LogP contribution < -0.4 is 10.5 Å². The van der Waals surface area contributed by atoms with E-state index in [4.69, 9.17) is 28.9 Å². The fourth-order valence-electron chi connectivity index (χ4n) is 1.83. The molecule has 21 heavy (non-hydrogen) atoms. The van der Waals surface area contributed by atoms with Gasteiger partial charge in [0.15, 0.2) is 0 Å². The fourth-order valence-corrected chi connectivity index (χ4v) is 3.55. The van der Waals surface area contributed by atoms with Gasteiger partial charge in [-0.2, -0.15) is 0 Å². The van der Waals surface area contributed by atoms with Crippen molar-refractivity contribution < 1.29 is 8.42 Å². The van der Waals surface area contributed by atoms with E-state index in [2.05, 4.69) is 4.72 Å². The molecule has 0 aromatic heterocycles. The lowest BCUT2D eigenvalue weighted by Crippen LogP contribution is -2.14. The van der Waals surface area contributed by atoms with E-state index >= 15 is 0 Å². The summed E-state index contributed by atoms with van der Waals surface area (Å²) < 4.78 is 27.4. The van der Waals surface area contributed by atoms with E-state index in [0.717, 1.165) is 5.56 Å². The van der Waals surface area contributed by atoms with Gasteiger partial charge in [-0.1, -0.05) is 35.3 Å². The van der Waals surface area contributed by atoms with E-state index in [0.29, 0.717) is 21.3 Å². The fraction of sp³-hybridized carbons (Fsp3) is 0.143. The van der Waals surface area contributed by atoms with Crippen LogP contribution >= 0.6 is 23.2 Å². The number of halogens is 2. The summed E-state index contributed by atoms with van der Waals surface area (Å²) in [5, 5.41) is 0.775. The van der Waals surface area contributed by atoms with E-state index < -0.39 is 10.0 Å². The molecule has 0 fully saturated rings. The molecule has 2 aromatic carbocycles. The highest BCUT2D eigenvalue weighted by Gasteiger charge is 2.18. The summed E-state index contributed by atoms with van der Waals surface area (Å²) in [6, 6.07) is 9.55. The number of anilines is 1. The first-order chi connectivity index (χ1) is 9.85. The first-order valence-electron chi connectivity index (χ1n) is 6.11. The van der Waals surface area contributed by atoms with Crippen molar-refractivity contribution in [1.82, 2.24) is 0 Å². The van der Waals surface area contributed by atoms with Crippen LogP contribution in [0.3, 0.4) is 0 Å². The zero-order valence-electron chi connectivity index (χ0n) is 11.2. The number of nitrogens with two attached hydrogens (primary N) is 1. The maximum Gasteiger partial charge on any atom is 0.261 e. The summed E-state index contributed by atoms with van der Waals surface area (Å²) in [6.45, 7) is 1.93. The number of nitrogens with one attached hydrogen (secondary N) is 1. The second kappa shape index (κ2) is 6.23. The smallest absolute Gasteiger partial charge is 0.261 e. The van der Waals surface area contributed by atoms with Crippen LogP contribution in [0.25, 0.3) is 0 Å². The van der Waals surface area contributed by atoms with Gasteiger partial charge in [-0.25, -0.2) is 8.42 Å². The van der Waals surface area contributed by atoms with Crippen molar-refractivity contribution in [1.29, 1.82) is 0 Å². The highest BCUT2D eigenvalue weighted by Crippen LogP contribution is 2.28. The Morgan fingerprint density at radius 2 is 1.86 bits per heavy atom. The van der Waals surface area contributed by atoms with Crippen LogP contribution in [0.4, 0.5) is 5.69 Å². The van der Waals surface area contributed by atoms with Gasteiger partial charge in [-0.3, -0.25) is 4.72 Å². The lowest BCUT2D eigenvalue weighted by molar-refractivity contribution is 0.601. The highest BCUT2D eigenvalue weighted by atomic mass is 35.5. The minimum atomic E-state index is -3.76. The quantitative estimate of drug-likeness (QED) is 0.890. The summed E-state index contributed by atoms with van der Waals surface area (Å²) in [4.78, 5) is 0.0895. The molecule has 0 amide bonds. The number of hydrogen-bond donors (Lipinski definition) is 2. The number of sulfonamides is 1. The lowest BCUT2D eigenvalue weighted by Gasteiger charge is -2.13. The minimum absolute atomic E-state index is 0.0895. The van der Waals surface area contributed by atoms with Gasteiger partial charge in [-0.15, -0.1) is 0 Å². The van der Waals surface area contributed by atoms with Gasteiger partial charge in [0.2, 0.25) is 0 Å². The van der Waals surface area contributed by atoms with Crippen LogP contribution in [0.1, 0.15) is 11.1 Å². The molecule has 0 aliphatic heterocycles. The lowest BCUT2D eigenvalue weighted by atomic mass is 10.2. The van der Waals surface area contributed by atoms with Gasteiger partial charge in [0.1, 0.15) is 0 Å². The third-order valence-electron chi connectivity index (χ3n) is 3.01. The van der Waals surface area contributed by atoms with Gasteiger partial charge in [0.05, 0.1) is 15.6 Å². The Hall–Kier alpha value is -1.27. The predicted octanol–water partition coefficient (Wildman–Crippen LogP) is 3.56. The monoisotopic (exact) mass is 344 g/mol. The third kappa shape index (κ3) is 3.49. The Labute approximate surface area is 133 Å². The van der Waals surface area contributed by atoms with Crippen molar-refractivity contribution >= 4 is 38.9 Å². The maximum atomic E-state index is 12.4. The standard InChI is InChI=1S/C14H14Cl2N2O2S/c1-9-3-2-4-13(16)14(9)18-21(19,20)11-5-6-12(15)10(7-11)8-17/h2-7,18H,8,17H2,1H3. The molecule has 4 nitrogen and oxygen atoms in total. The molecule has 3 N–H and O–H groups in total. The maximum absolute atomic E-state index is 12.4. The SMILES string of the molecule is Cc1cccc(Cl)c1NS(=O)(=O)c1ccc(Cl)c(CN)c1. The number of para-hydroxylation sites is 1. The molecule has 0 saturated carbocycles. The van der Waals surface area contributed by atoms with Crippen LogP contribution in [0.15, 0.2) is 41.3 Å². The number of benzene rings is 2. The van der Waals surface area contributed by atoms with Gasteiger partial charge >= 0.3 is 0 Å². The number of rotatable bonds is 4. The van der Waals surface area contributed by atoms with E-state index in [1.165, 1.54) is 18.2 Å².